The van der Waals surface area contributed by atoms with Gasteiger partial charge in [-0.05, 0) is 0 Å². The number of nitrogens with one attached hydrogen (secondary N) is 1. The lowest BCUT2D eigenvalue weighted by Crippen LogP contribution is -2.22. The number of carbonyl (C=O) groups is 1. The van der Waals surface area contributed by atoms with Crippen molar-refractivity contribution in [2.45, 2.75) is 6.92 Å². The Morgan fingerprint density at radius 1 is 1.90 bits per heavy atom. The molecule has 54 valence electrons. The van der Waals surface area contributed by atoms with Crippen molar-refractivity contribution < 1.29 is 4.79 Å². The van der Waals surface area contributed by atoms with Gasteiger partial charge in [0.2, 0.25) is 5.91 Å². The molecule has 0 aromatic heterocycles. The van der Waals surface area contributed by atoms with Crippen molar-refractivity contribution in [2.75, 3.05) is 6.54 Å². The number of rotatable bonds is 2. The minimum atomic E-state index is -0.172. The van der Waals surface area contributed by atoms with Gasteiger partial charge in [-0.3, -0.25) is 4.79 Å². The van der Waals surface area contributed by atoms with Crippen molar-refractivity contribution in [3.8, 4) is 6.07 Å². The lowest BCUT2D eigenvalue weighted by Gasteiger charge is -1.96. The molecule has 0 fully saturated rings. The van der Waals surface area contributed by atoms with Crippen molar-refractivity contribution in [1.29, 1.82) is 5.26 Å². The van der Waals surface area contributed by atoms with Crippen LogP contribution in [0.3, 0.4) is 0 Å². The Morgan fingerprint density at radius 3 is 2.80 bits per heavy atom. The van der Waals surface area contributed by atoms with Crippen LogP contribution < -0.4 is 11.1 Å². The predicted molar refractivity (Wildman–Crippen MR) is 36.6 cm³/mol. The highest BCUT2D eigenvalue weighted by Crippen LogP contribution is 1.83. The Bertz CT molecular complexity index is 190. The molecule has 10 heavy (non-hydrogen) atoms. The van der Waals surface area contributed by atoms with Crippen LogP contribution in [0.1, 0.15) is 6.92 Å². The summed E-state index contributed by atoms with van der Waals surface area (Å²) >= 11 is 0. The van der Waals surface area contributed by atoms with E-state index in [1.54, 1.807) is 0 Å². The quantitative estimate of drug-likeness (QED) is 0.505. The molecule has 3 N–H and O–H groups in total. The fourth-order valence-corrected chi connectivity index (χ4v) is 0.355. The molecule has 1 amide bonds. The summed E-state index contributed by atoms with van der Waals surface area (Å²) in [6, 6.07) is 1.83. The molecule has 4 heteroatoms. The van der Waals surface area contributed by atoms with Crippen molar-refractivity contribution >= 4 is 5.91 Å². The standard InChI is InChI=1S/C6H9N3O/c1-5(10)9-4-6(2-7)3-8/h2H,4,7H2,1H3,(H,9,10). The van der Waals surface area contributed by atoms with Gasteiger partial charge in [0.1, 0.15) is 0 Å². The van der Waals surface area contributed by atoms with Crippen molar-refractivity contribution in [3.05, 3.63) is 11.8 Å². The summed E-state index contributed by atoms with van der Waals surface area (Å²) in [5.74, 6) is -0.172. The SMILES string of the molecule is CC(=O)NCC(C#N)=CN. The van der Waals surface area contributed by atoms with Gasteiger partial charge in [-0.25, -0.2) is 0 Å². The summed E-state index contributed by atoms with van der Waals surface area (Å²) in [5, 5.41) is 10.7. The average Bonchev–Trinajstić information content (AvgIpc) is 1.90. The van der Waals surface area contributed by atoms with E-state index in [2.05, 4.69) is 5.32 Å². The fraction of sp³-hybridized carbons (Fsp3) is 0.333. The monoisotopic (exact) mass is 139 g/mol. The Morgan fingerprint density at radius 2 is 2.50 bits per heavy atom. The molecule has 0 spiro atoms. The van der Waals surface area contributed by atoms with E-state index in [-0.39, 0.29) is 12.5 Å². The normalized spacial score (nSPS) is 10.2. The van der Waals surface area contributed by atoms with E-state index in [1.807, 2.05) is 6.07 Å². The zero-order valence-corrected chi connectivity index (χ0v) is 5.72. The summed E-state index contributed by atoms with van der Waals surface area (Å²) in [7, 11) is 0. The smallest absolute Gasteiger partial charge is 0.217 e. The summed E-state index contributed by atoms with van der Waals surface area (Å²) in [4.78, 5) is 10.3. The zero-order chi connectivity index (χ0) is 7.98. The lowest BCUT2D eigenvalue weighted by molar-refractivity contribution is -0.118. The molecule has 0 aromatic carbocycles. The molecule has 0 heterocycles. The van der Waals surface area contributed by atoms with Gasteiger partial charge in [0.05, 0.1) is 18.2 Å². The number of nitrogens with two attached hydrogens (primary N) is 1. The predicted octanol–water partition coefficient (Wildman–Crippen LogP) is -0.511. The van der Waals surface area contributed by atoms with Crippen LogP contribution >= 0.6 is 0 Å². The van der Waals surface area contributed by atoms with Crippen LogP contribution in [0.5, 0.6) is 0 Å². The minimum Gasteiger partial charge on any atom is -0.404 e. The number of nitrogens with zero attached hydrogens (tertiary/aromatic N) is 1. The van der Waals surface area contributed by atoms with E-state index >= 15 is 0 Å². The Balaban J connectivity index is 3.70. The van der Waals surface area contributed by atoms with Gasteiger partial charge < -0.3 is 11.1 Å². The number of hydrogen-bond donors (Lipinski definition) is 2. The van der Waals surface area contributed by atoms with Gasteiger partial charge in [0.15, 0.2) is 0 Å². The Labute approximate surface area is 59.3 Å². The largest absolute Gasteiger partial charge is 0.404 e. The van der Waals surface area contributed by atoms with Gasteiger partial charge in [0, 0.05) is 13.1 Å². The highest BCUT2D eigenvalue weighted by molar-refractivity contribution is 5.73. The van der Waals surface area contributed by atoms with Crippen LogP contribution in [0.4, 0.5) is 0 Å². The molecule has 0 unspecified atom stereocenters. The molecule has 0 aliphatic carbocycles. The molecular formula is C6H9N3O. The number of nitriles is 1. The number of hydrogen-bond acceptors (Lipinski definition) is 3. The van der Waals surface area contributed by atoms with Crippen LogP contribution in [0, 0.1) is 11.3 Å². The van der Waals surface area contributed by atoms with Gasteiger partial charge in [-0.15, -0.1) is 0 Å². The second-order valence-corrected chi connectivity index (χ2v) is 1.71. The maximum absolute atomic E-state index is 10.3. The van der Waals surface area contributed by atoms with E-state index in [1.165, 1.54) is 13.1 Å². The number of amides is 1. The van der Waals surface area contributed by atoms with Gasteiger partial charge in [-0.1, -0.05) is 0 Å². The van der Waals surface area contributed by atoms with Crippen molar-refractivity contribution in [2.24, 2.45) is 5.73 Å². The third-order valence-corrected chi connectivity index (χ3v) is 0.873. The Hall–Kier alpha value is -1.50. The topological polar surface area (TPSA) is 78.9 Å². The first-order valence-corrected chi connectivity index (χ1v) is 2.76. The Kier molecular flexibility index (Phi) is 3.73. The molecule has 0 aromatic rings. The average molecular weight is 139 g/mol. The molecule has 0 aliphatic rings. The lowest BCUT2D eigenvalue weighted by atomic mass is 10.3. The van der Waals surface area contributed by atoms with Gasteiger partial charge in [0.25, 0.3) is 0 Å². The van der Waals surface area contributed by atoms with Crippen molar-refractivity contribution in [3.63, 3.8) is 0 Å². The van der Waals surface area contributed by atoms with Gasteiger partial charge in [-0.2, -0.15) is 5.26 Å². The second-order valence-electron chi connectivity index (χ2n) is 1.71. The molecule has 0 atom stereocenters. The van der Waals surface area contributed by atoms with E-state index in [0.717, 1.165) is 0 Å². The van der Waals surface area contributed by atoms with Crippen LogP contribution in [0.2, 0.25) is 0 Å². The van der Waals surface area contributed by atoms with Crippen molar-refractivity contribution in [1.82, 2.24) is 5.32 Å². The summed E-state index contributed by atoms with van der Waals surface area (Å²) < 4.78 is 0. The van der Waals surface area contributed by atoms with E-state index in [0.29, 0.717) is 5.57 Å². The maximum atomic E-state index is 10.3. The first kappa shape index (κ1) is 8.50. The molecule has 0 bridgehead atoms. The molecular weight excluding hydrogens is 130 g/mol. The summed E-state index contributed by atoms with van der Waals surface area (Å²) in [6.07, 6.45) is 1.18. The van der Waals surface area contributed by atoms with E-state index in [9.17, 15) is 4.79 Å². The first-order valence-electron chi connectivity index (χ1n) is 2.76. The van der Waals surface area contributed by atoms with Crippen LogP contribution in [0.15, 0.2) is 11.8 Å². The maximum Gasteiger partial charge on any atom is 0.217 e. The third kappa shape index (κ3) is 3.50. The summed E-state index contributed by atoms with van der Waals surface area (Å²) in [5.41, 5.74) is 5.39. The van der Waals surface area contributed by atoms with Crippen LogP contribution in [0.25, 0.3) is 0 Å². The third-order valence-electron chi connectivity index (χ3n) is 0.873. The molecule has 0 radical (unpaired) electrons. The fourth-order valence-electron chi connectivity index (χ4n) is 0.355. The van der Waals surface area contributed by atoms with Crippen LogP contribution in [-0.2, 0) is 4.79 Å². The zero-order valence-electron chi connectivity index (χ0n) is 5.72. The second kappa shape index (κ2) is 4.39. The highest BCUT2D eigenvalue weighted by atomic mass is 16.1. The molecule has 0 aliphatic heterocycles. The van der Waals surface area contributed by atoms with Crippen LogP contribution in [-0.4, -0.2) is 12.5 Å². The number of carbonyl (C=O) groups excluding carboxylic acids is 1. The highest BCUT2D eigenvalue weighted by Gasteiger charge is 1.93. The van der Waals surface area contributed by atoms with E-state index in [4.69, 9.17) is 11.0 Å². The minimum absolute atomic E-state index is 0.172. The molecule has 0 rings (SSSR count). The van der Waals surface area contributed by atoms with Gasteiger partial charge >= 0.3 is 0 Å². The first-order chi connectivity index (χ1) is 4.70. The van der Waals surface area contributed by atoms with E-state index < -0.39 is 0 Å². The molecule has 4 nitrogen and oxygen atoms in total. The molecule has 0 saturated heterocycles. The summed E-state index contributed by atoms with van der Waals surface area (Å²) in [6.45, 7) is 1.59. The molecule has 0 saturated carbocycles.